The van der Waals surface area contributed by atoms with Crippen LogP contribution in [0.25, 0.3) is 0 Å². The van der Waals surface area contributed by atoms with Crippen molar-refractivity contribution in [3.8, 4) is 0 Å². The monoisotopic (exact) mass is 337 g/mol. The van der Waals surface area contributed by atoms with Crippen LogP contribution < -0.4 is 0 Å². The van der Waals surface area contributed by atoms with Gasteiger partial charge >= 0.3 is 0 Å². The van der Waals surface area contributed by atoms with E-state index >= 15 is 0 Å². The molecule has 0 aromatic heterocycles. The van der Waals surface area contributed by atoms with Crippen LogP contribution in [-0.4, -0.2) is 22.5 Å². The highest BCUT2D eigenvalue weighted by Gasteiger charge is 2.33. The van der Waals surface area contributed by atoms with Gasteiger partial charge in [0, 0.05) is 25.0 Å². The van der Waals surface area contributed by atoms with Crippen LogP contribution in [0.15, 0.2) is 64.9 Å². The summed E-state index contributed by atoms with van der Waals surface area (Å²) in [4.78, 5) is 21.3. The first-order chi connectivity index (χ1) is 12.2. The predicted molar refractivity (Wildman–Crippen MR) is 91.4 cm³/mol. The summed E-state index contributed by atoms with van der Waals surface area (Å²) in [5.74, 6) is 0. The maximum Gasteiger partial charge on any atom is 0.269 e. The summed E-state index contributed by atoms with van der Waals surface area (Å²) in [5, 5.41) is 19.0. The Morgan fingerprint density at radius 2 is 1.64 bits per heavy atom. The third-order valence-electron chi connectivity index (χ3n) is 4.31. The zero-order valence-electron chi connectivity index (χ0n) is 13.2. The van der Waals surface area contributed by atoms with Crippen molar-refractivity contribution < 1.29 is 14.6 Å². The zero-order valence-corrected chi connectivity index (χ0v) is 13.2. The molecule has 0 radical (unpaired) electrons. The Bertz CT molecular complexity index is 846. The summed E-state index contributed by atoms with van der Waals surface area (Å²) >= 11 is 0. The highest BCUT2D eigenvalue weighted by Crippen LogP contribution is 2.31. The predicted octanol–water partition coefficient (Wildman–Crippen LogP) is 3.61. The van der Waals surface area contributed by atoms with Crippen LogP contribution in [0.2, 0.25) is 0 Å². The molecule has 0 fully saturated rings. The summed E-state index contributed by atoms with van der Waals surface area (Å²) in [7, 11) is 0. The number of rotatable bonds is 4. The number of hydrogen-bond acceptors (Lipinski definition) is 6. The molecule has 0 spiro atoms. The Balaban J connectivity index is 1.40. The van der Waals surface area contributed by atoms with E-state index in [1.54, 1.807) is 12.1 Å². The lowest BCUT2D eigenvalue weighted by molar-refractivity contribution is -0.384. The van der Waals surface area contributed by atoms with Gasteiger partial charge in [-0.25, -0.2) is 0 Å². The molecule has 2 aromatic rings. The summed E-state index contributed by atoms with van der Waals surface area (Å²) in [5.41, 5.74) is 3.53. The molecule has 126 valence electrons. The van der Waals surface area contributed by atoms with Crippen molar-refractivity contribution in [3.63, 3.8) is 0 Å². The number of nitro groups is 1. The first-order valence-corrected chi connectivity index (χ1v) is 7.96. The van der Waals surface area contributed by atoms with Gasteiger partial charge in [0.05, 0.1) is 10.6 Å². The summed E-state index contributed by atoms with van der Waals surface area (Å²) < 4.78 is 0. The molecular weight excluding hydrogens is 322 g/mol. The lowest BCUT2D eigenvalue weighted by Crippen LogP contribution is -2.20. The van der Waals surface area contributed by atoms with Crippen LogP contribution in [0.4, 0.5) is 5.69 Å². The molecule has 25 heavy (non-hydrogen) atoms. The largest absolute Gasteiger partial charge is 0.387 e. The van der Waals surface area contributed by atoms with Crippen molar-refractivity contribution >= 4 is 17.1 Å². The standard InChI is InChI=1S/C18H15N3O4/c22-21(23)14-8-6-12(7-9-14)15-10-18(25-19-15)16-11-17(24-20-16)13-4-2-1-3-5-13/h1-9,17-18H,10-11H2. The second-order valence-corrected chi connectivity index (χ2v) is 5.93. The average molecular weight is 337 g/mol. The Morgan fingerprint density at radius 3 is 2.36 bits per heavy atom. The topological polar surface area (TPSA) is 86.3 Å². The maximum absolute atomic E-state index is 10.7. The van der Waals surface area contributed by atoms with Crippen LogP contribution in [-0.2, 0) is 9.68 Å². The summed E-state index contributed by atoms with van der Waals surface area (Å²) in [6, 6.07) is 16.2. The van der Waals surface area contributed by atoms with E-state index in [-0.39, 0.29) is 17.9 Å². The first-order valence-electron chi connectivity index (χ1n) is 7.96. The highest BCUT2D eigenvalue weighted by molar-refractivity contribution is 6.05. The van der Waals surface area contributed by atoms with Gasteiger partial charge in [-0.2, -0.15) is 0 Å². The second kappa shape index (κ2) is 6.35. The van der Waals surface area contributed by atoms with E-state index < -0.39 is 4.92 Å². The minimum atomic E-state index is -0.423. The second-order valence-electron chi connectivity index (χ2n) is 5.93. The van der Waals surface area contributed by atoms with Crippen LogP contribution in [0.5, 0.6) is 0 Å². The number of nitro benzene ring substituents is 1. The van der Waals surface area contributed by atoms with Crippen LogP contribution in [0.1, 0.15) is 30.1 Å². The molecule has 2 heterocycles. The number of oxime groups is 2. The van der Waals surface area contributed by atoms with Crippen molar-refractivity contribution in [2.24, 2.45) is 10.3 Å². The van der Waals surface area contributed by atoms with E-state index in [4.69, 9.17) is 9.68 Å². The summed E-state index contributed by atoms with van der Waals surface area (Å²) in [6.45, 7) is 0. The third-order valence-corrected chi connectivity index (χ3v) is 4.31. The molecule has 0 amide bonds. The van der Waals surface area contributed by atoms with Crippen molar-refractivity contribution in [2.45, 2.75) is 25.0 Å². The molecule has 2 aliphatic rings. The highest BCUT2D eigenvalue weighted by atomic mass is 16.7. The zero-order chi connectivity index (χ0) is 17.2. The average Bonchev–Trinajstić information content (AvgIpc) is 3.32. The van der Waals surface area contributed by atoms with E-state index in [0.29, 0.717) is 12.8 Å². The fourth-order valence-corrected chi connectivity index (χ4v) is 2.93. The lowest BCUT2D eigenvalue weighted by Gasteiger charge is -2.09. The molecule has 7 nitrogen and oxygen atoms in total. The van der Waals surface area contributed by atoms with E-state index in [1.165, 1.54) is 12.1 Å². The van der Waals surface area contributed by atoms with E-state index in [2.05, 4.69) is 10.3 Å². The molecule has 2 atom stereocenters. The molecule has 2 aromatic carbocycles. The Hall–Kier alpha value is -3.22. The SMILES string of the molecule is O=[N+]([O-])c1ccc(C2=NOC(C3=NOC(c4ccccc4)C3)C2)cc1. The molecule has 0 saturated heterocycles. The van der Waals surface area contributed by atoms with Gasteiger partial charge in [-0.05, 0) is 23.3 Å². The smallest absolute Gasteiger partial charge is 0.269 e. The van der Waals surface area contributed by atoms with E-state index in [0.717, 1.165) is 22.6 Å². The van der Waals surface area contributed by atoms with Crippen LogP contribution >= 0.6 is 0 Å². The molecule has 2 unspecified atom stereocenters. The molecule has 0 aliphatic carbocycles. The minimum Gasteiger partial charge on any atom is -0.387 e. The van der Waals surface area contributed by atoms with Crippen LogP contribution in [0.3, 0.4) is 0 Å². The minimum absolute atomic E-state index is 0.0547. The number of hydrogen-bond donors (Lipinski definition) is 0. The van der Waals surface area contributed by atoms with Gasteiger partial charge in [-0.3, -0.25) is 10.1 Å². The maximum atomic E-state index is 10.7. The quantitative estimate of drug-likeness (QED) is 0.630. The number of nitrogens with zero attached hydrogens (tertiary/aromatic N) is 3. The lowest BCUT2D eigenvalue weighted by atomic mass is 9.98. The molecular formula is C18H15N3O4. The Kier molecular flexibility index (Phi) is 3.89. The van der Waals surface area contributed by atoms with Gasteiger partial charge in [-0.15, -0.1) is 0 Å². The molecule has 7 heteroatoms. The molecule has 2 aliphatic heterocycles. The van der Waals surface area contributed by atoms with Gasteiger partial charge in [0.1, 0.15) is 5.71 Å². The van der Waals surface area contributed by atoms with E-state index in [9.17, 15) is 10.1 Å². The third kappa shape index (κ3) is 3.08. The van der Waals surface area contributed by atoms with Gasteiger partial charge in [0.15, 0.2) is 12.2 Å². The Labute approximate surface area is 143 Å². The van der Waals surface area contributed by atoms with Gasteiger partial charge < -0.3 is 9.68 Å². The van der Waals surface area contributed by atoms with Crippen molar-refractivity contribution in [1.29, 1.82) is 0 Å². The normalized spacial score (nSPS) is 21.9. The molecule has 4 rings (SSSR count). The summed E-state index contributed by atoms with van der Waals surface area (Å²) in [6.07, 6.45) is 0.890. The fraction of sp³-hybridized carbons (Fsp3) is 0.222. The fourth-order valence-electron chi connectivity index (χ4n) is 2.93. The van der Waals surface area contributed by atoms with Crippen LogP contribution in [0, 0.1) is 10.1 Å². The number of non-ortho nitro benzene ring substituents is 1. The van der Waals surface area contributed by atoms with Crippen molar-refractivity contribution in [1.82, 2.24) is 0 Å². The molecule has 0 saturated carbocycles. The number of benzene rings is 2. The van der Waals surface area contributed by atoms with Crippen molar-refractivity contribution in [3.05, 3.63) is 75.8 Å². The first kappa shape index (κ1) is 15.3. The van der Waals surface area contributed by atoms with Gasteiger partial charge in [0.2, 0.25) is 0 Å². The van der Waals surface area contributed by atoms with Gasteiger partial charge in [-0.1, -0.05) is 40.6 Å². The molecule has 0 N–H and O–H groups in total. The van der Waals surface area contributed by atoms with Gasteiger partial charge in [0.25, 0.3) is 5.69 Å². The molecule has 0 bridgehead atoms. The van der Waals surface area contributed by atoms with Crippen molar-refractivity contribution in [2.75, 3.05) is 0 Å². The Morgan fingerprint density at radius 1 is 0.920 bits per heavy atom. The van der Waals surface area contributed by atoms with E-state index in [1.807, 2.05) is 30.3 Å².